The van der Waals surface area contributed by atoms with Crippen LogP contribution in [-0.2, 0) is 0 Å². The van der Waals surface area contributed by atoms with Crippen molar-refractivity contribution in [2.75, 3.05) is 5.32 Å². The second-order valence-corrected chi connectivity index (χ2v) is 5.52. The minimum absolute atomic E-state index is 0.615. The number of anilines is 2. The number of fused-ring (bicyclic) bond motifs is 2. The number of nitrogens with one attached hydrogen (secondary N) is 1. The molecule has 4 aromatic rings. The molecule has 1 N–H and O–H groups in total. The van der Waals surface area contributed by atoms with E-state index in [1.165, 1.54) is 4.63 Å². The molecule has 0 bridgehead atoms. The van der Waals surface area contributed by atoms with Crippen LogP contribution in [0, 0.1) is 6.92 Å². The largest absolute Gasteiger partial charge is 0.339 e. The molecular weight excluding hydrogens is 274 g/mol. The molecule has 0 spiro atoms. The van der Waals surface area contributed by atoms with Gasteiger partial charge in [0.25, 0.3) is 0 Å². The maximum atomic E-state index is 4.44. The van der Waals surface area contributed by atoms with Gasteiger partial charge in [0.1, 0.15) is 0 Å². The van der Waals surface area contributed by atoms with Crippen LogP contribution in [0.3, 0.4) is 0 Å². The van der Waals surface area contributed by atoms with Crippen LogP contribution in [0.15, 0.2) is 30.3 Å². The van der Waals surface area contributed by atoms with Crippen molar-refractivity contribution < 1.29 is 0 Å². The van der Waals surface area contributed by atoms with Crippen LogP contribution < -0.4 is 5.32 Å². The molecule has 4 rings (SSSR count). The topological polar surface area (TPSA) is 80.9 Å². The molecule has 0 saturated heterocycles. The zero-order valence-electron chi connectivity index (χ0n) is 10.5. The van der Waals surface area contributed by atoms with Crippen molar-refractivity contribution in [3.8, 4) is 0 Å². The zero-order valence-corrected chi connectivity index (χ0v) is 11.3. The molecule has 0 aliphatic rings. The first-order chi connectivity index (χ1) is 9.78. The summed E-state index contributed by atoms with van der Waals surface area (Å²) in [5.41, 5.74) is 2.59. The quantitative estimate of drug-likeness (QED) is 0.607. The van der Waals surface area contributed by atoms with E-state index in [2.05, 4.69) is 37.0 Å². The lowest BCUT2D eigenvalue weighted by molar-refractivity contribution is 0.736. The molecule has 20 heavy (non-hydrogen) atoms. The number of thiazole rings is 1. The molecular formula is C12H9N7S. The monoisotopic (exact) mass is 283 g/mol. The Morgan fingerprint density at radius 1 is 1.20 bits per heavy atom. The predicted molar refractivity (Wildman–Crippen MR) is 76.2 cm³/mol. The van der Waals surface area contributed by atoms with Gasteiger partial charge in [-0.25, -0.2) is 4.98 Å². The molecule has 0 amide bonds. The Hall–Kier alpha value is -2.61. The number of aromatic nitrogens is 6. The average Bonchev–Trinajstić information content (AvgIpc) is 3.02. The molecule has 0 saturated carbocycles. The van der Waals surface area contributed by atoms with Gasteiger partial charge in [0.15, 0.2) is 11.5 Å². The molecule has 3 aromatic heterocycles. The lowest BCUT2D eigenvalue weighted by atomic mass is 10.3. The van der Waals surface area contributed by atoms with E-state index in [0.29, 0.717) is 11.5 Å². The van der Waals surface area contributed by atoms with Gasteiger partial charge in [-0.1, -0.05) is 0 Å². The van der Waals surface area contributed by atoms with Crippen LogP contribution in [0.5, 0.6) is 0 Å². The van der Waals surface area contributed by atoms with E-state index in [0.717, 1.165) is 20.9 Å². The van der Waals surface area contributed by atoms with E-state index < -0.39 is 0 Å². The van der Waals surface area contributed by atoms with Crippen molar-refractivity contribution in [2.24, 2.45) is 0 Å². The summed E-state index contributed by atoms with van der Waals surface area (Å²) in [5, 5.41) is 19.7. The van der Waals surface area contributed by atoms with Crippen LogP contribution in [0.4, 0.5) is 11.5 Å². The Kier molecular flexibility index (Phi) is 2.36. The highest BCUT2D eigenvalue weighted by molar-refractivity contribution is 7.18. The maximum Gasteiger partial charge on any atom is 0.200 e. The van der Waals surface area contributed by atoms with Crippen molar-refractivity contribution in [2.45, 2.75) is 6.92 Å². The van der Waals surface area contributed by atoms with Gasteiger partial charge in [0.2, 0.25) is 0 Å². The Morgan fingerprint density at radius 3 is 3.10 bits per heavy atom. The van der Waals surface area contributed by atoms with Crippen molar-refractivity contribution in [3.05, 3.63) is 35.3 Å². The normalized spacial score (nSPS) is 11.2. The van der Waals surface area contributed by atoms with Gasteiger partial charge in [-0.15, -0.1) is 26.2 Å². The summed E-state index contributed by atoms with van der Waals surface area (Å²) in [7, 11) is 0. The van der Waals surface area contributed by atoms with E-state index in [9.17, 15) is 0 Å². The van der Waals surface area contributed by atoms with Gasteiger partial charge in [-0.2, -0.15) is 0 Å². The predicted octanol–water partition coefficient (Wildman–Crippen LogP) is 2.18. The summed E-state index contributed by atoms with van der Waals surface area (Å²) < 4.78 is 2.54. The van der Waals surface area contributed by atoms with E-state index in [-0.39, 0.29) is 0 Å². The Bertz CT molecular complexity index is 910. The third kappa shape index (κ3) is 1.86. The molecule has 0 radical (unpaired) electrons. The van der Waals surface area contributed by atoms with Crippen molar-refractivity contribution in [3.63, 3.8) is 0 Å². The standard InChI is InChI=1S/C12H9N7S/c1-7-13-9-3-2-8(6-10(9)20-7)14-11-4-5-12-15-17-18-19(12)16-11/h2-6H,1H3,(H,14,16). The minimum atomic E-state index is 0.615. The summed E-state index contributed by atoms with van der Waals surface area (Å²) >= 11 is 1.67. The minimum Gasteiger partial charge on any atom is -0.339 e. The molecule has 8 heteroatoms. The highest BCUT2D eigenvalue weighted by Crippen LogP contribution is 2.26. The molecule has 3 heterocycles. The van der Waals surface area contributed by atoms with Crippen LogP contribution in [0.25, 0.3) is 15.9 Å². The molecule has 7 nitrogen and oxygen atoms in total. The fraction of sp³-hybridized carbons (Fsp3) is 0.0833. The molecule has 0 unspecified atom stereocenters. The van der Waals surface area contributed by atoms with Gasteiger partial charge < -0.3 is 5.32 Å². The smallest absolute Gasteiger partial charge is 0.200 e. The fourth-order valence-corrected chi connectivity index (χ4v) is 2.85. The van der Waals surface area contributed by atoms with Crippen LogP contribution in [0.1, 0.15) is 5.01 Å². The Balaban J connectivity index is 1.71. The second kappa shape index (κ2) is 4.20. The zero-order chi connectivity index (χ0) is 13.5. The van der Waals surface area contributed by atoms with Crippen LogP contribution >= 0.6 is 11.3 Å². The van der Waals surface area contributed by atoms with Crippen molar-refractivity contribution in [1.29, 1.82) is 0 Å². The van der Waals surface area contributed by atoms with Gasteiger partial charge in [-0.3, -0.25) is 0 Å². The van der Waals surface area contributed by atoms with Crippen LogP contribution in [-0.4, -0.2) is 30.2 Å². The van der Waals surface area contributed by atoms with E-state index in [1.807, 2.05) is 31.2 Å². The van der Waals surface area contributed by atoms with Gasteiger partial charge >= 0.3 is 0 Å². The first kappa shape index (κ1) is 11.2. The van der Waals surface area contributed by atoms with Crippen molar-refractivity contribution >= 4 is 38.7 Å². The Labute approximate surface area is 117 Å². The lowest BCUT2D eigenvalue weighted by Gasteiger charge is -2.04. The lowest BCUT2D eigenvalue weighted by Crippen LogP contribution is -2.00. The van der Waals surface area contributed by atoms with Gasteiger partial charge in [0.05, 0.1) is 15.2 Å². The average molecular weight is 283 g/mol. The molecule has 0 aliphatic heterocycles. The van der Waals surface area contributed by atoms with E-state index >= 15 is 0 Å². The SMILES string of the molecule is Cc1nc2ccc(Nc3ccc4nnnn4n3)cc2s1. The highest BCUT2D eigenvalue weighted by Gasteiger charge is 2.04. The van der Waals surface area contributed by atoms with E-state index in [4.69, 9.17) is 0 Å². The summed E-state index contributed by atoms with van der Waals surface area (Å²) in [6, 6.07) is 9.69. The number of nitrogens with zero attached hydrogens (tertiary/aromatic N) is 6. The van der Waals surface area contributed by atoms with E-state index in [1.54, 1.807) is 11.3 Å². The van der Waals surface area contributed by atoms with Gasteiger partial charge in [-0.05, 0) is 47.7 Å². The summed E-state index contributed by atoms with van der Waals surface area (Å²) in [6.45, 7) is 2.00. The first-order valence-corrected chi connectivity index (χ1v) is 6.79. The maximum absolute atomic E-state index is 4.44. The summed E-state index contributed by atoms with van der Waals surface area (Å²) in [5.74, 6) is 0.686. The number of aryl methyl sites for hydroxylation is 1. The number of rotatable bonds is 2. The molecule has 1 aromatic carbocycles. The third-order valence-corrected chi connectivity index (χ3v) is 3.77. The number of hydrogen-bond donors (Lipinski definition) is 1. The molecule has 0 aliphatic carbocycles. The van der Waals surface area contributed by atoms with Gasteiger partial charge in [0, 0.05) is 5.69 Å². The molecule has 0 atom stereocenters. The number of hydrogen-bond acceptors (Lipinski definition) is 7. The Morgan fingerprint density at radius 2 is 2.15 bits per heavy atom. The first-order valence-electron chi connectivity index (χ1n) is 5.97. The number of benzene rings is 1. The third-order valence-electron chi connectivity index (χ3n) is 2.84. The summed E-state index contributed by atoms with van der Waals surface area (Å²) in [4.78, 5) is 4.44. The van der Waals surface area contributed by atoms with Crippen molar-refractivity contribution in [1.82, 2.24) is 30.2 Å². The van der Waals surface area contributed by atoms with Crippen LogP contribution in [0.2, 0.25) is 0 Å². The summed E-state index contributed by atoms with van der Waals surface area (Å²) in [6.07, 6.45) is 0. The highest BCUT2D eigenvalue weighted by atomic mass is 32.1. The number of tetrazole rings is 1. The second-order valence-electron chi connectivity index (χ2n) is 4.29. The molecule has 0 fully saturated rings. The fourth-order valence-electron chi connectivity index (χ4n) is 1.98. The molecule has 98 valence electrons.